The average molecular weight is 228 g/mol. The number of rotatable bonds is 2. The van der Waals surface area contributed by atoms with Crippen LogP contribution in [-0.4, -0.2) is 17.7 Å². The Bertz CT molecular complexity index is 242. The Kier molecular flexibility index (Phi) is 4.39. The van der Waals surface area contributed by atoms with Gasteiger partial charge in [-0.2, -0.15) is 0 Å². The van der Waals surface area contributed by atoms with Crippen molar-refractivity contribution in [3.05, 3.63) is 0 Å². The monoisotopic (exact) mass is 228 g/mol. The SMILES string of the molecule is NC(=O)NC1(NC(N)=O)CCCCCCC1. The number of primary amides is 2. The number of carbonyl (C=O) groups excluding carboxylic acids is 2. The highest BCUT2D eigenvalue weighted by Gasteiger charge is 2.32. The molecule has 0 radical (unpaired) electrons. The van der Waals surface area contributed by atoms with Crippen LogP contribution in [0.5, 0.6) is 0 Å². The molecule has 16 heavy (non-hydrogen) atoms. The summed E-state index contributed by atoms with van der Waals surface area (Å²) in [5, 5.41) is 5.24. The van der Waals surface area contributed by atoms with E-state index in [1.54, 1.807) is 0 Å². The first-order chi connectivity index (χ1) is 7.54. The number of amides is 4. The Balaban J connectivity index is 2.71. The third kappa shape index (κ3) is 3.96. The van der Waals surface area contributed by atoms with Crippen LogP contribution in [0.25, 0.3) is 0 Å². The van der Waals surface area contributed by atoms with Gasteiger partial charge in [-0.15, -0.1) is 0 Å². The van der Waals surface area contributed by atoms with Gasteiger partial charge in [0.2, 0.25) is 0 Å². The van der Waals surface area contributed by atoms with Gasteiger partial charge in [-0.1, -0.05) is 19.3 Å². The Morgan fingerprint density at radius 2 is 1.19 bits per heavy atom. The lowest BCUT2D eigenvalue weighted by Gasteiger charge is -2.35. The normalized spacial score (nSPS) is 20.2. The third-order valence-electron chi connectivity index (χ3n) is 2.93. The minimum Gasteiger partial charge on any atom is -0.352 e. The standard InChI is InChI=1S/C10H20N4O2/c11-8(15)13-10(14-9(12)16)6-4-2-1-3-5-7-10/h1-7H2,(H3,11,13,15)(H3,12,14,16). The van der Waals surface area contributed by atoms with E-state index >= 15 is 0 Å². The summed E-state index contributed by atoms with van der Waals surface area (Å²) < 4.78 is 0. The third-order valence-corrected chi connectivity index (χ3v) is 2.93. The minimum absolute atomic E-state index is 0.630. The maximum atomic E-state index is 11.0. The lowest BCUT2D eigenvalue weighted by molar-refractivity contribution is 0.187. The van der Waals surface area contributed by atoms with Crippen molar-refractivity contribution in [1.29, 1.82) is 0 Å². The molecule has 0 aliphatic heterocycles. The van der Waals surface area contributed by atoms with E-state index in [0.29, 0.717) is 12.8 Å². The van der Waals surface area contributed by atoms with Gasteiger partial charge < -0.3 is 22.1 Å². The van der Waals surface area contributed by atoms with Gasteiger partial charge in [0.1, 0.15) is 5.66 Å². The van der Waals surface area contributed by atoms with Crippen molar-refractivity contribution in [2.24, 2.45) is 11.5 Å². The summed E-state index contributed by atoms with van der Waals surface area (Å²) in [6, 6.07) is -1.26. The number of urea groups is 2. The molecule has 1 aliphatic carbocycles. The van der Waals surface area contributed by atoms with E-state index < -0.39 is 17.7 Å². The average Bonchev–Trinajstić information content (AvgIpc) is 2.09. The molecule has 0 atom stereocenters. The zero-order valence-corrected chi connectivity index (χ0v) is 9.42. The second kappa shape index (κ2) is 5.58. The van der Waals surface area contributed by atoms with E-state index in [2.05, 4.69) is 10.6 Å². The number of carbonyl (C=O) groups is 2. The molecule has 6 nitrogen and oxygen atoms in total. The van der Waals surface area contributed by atoms with Crippen molar-refractivity contribution in [1.82, 2.24) is 10.6 Å². The lowest BCUT2D eigenvalue weighted by atomic mass is 9.91. The number of nitrogens with two attached hydrogens (primary N) is 2. The van der Waals surface area contributed by atoms with E-state index in [1.165, 1.54) is 6.42 Å². The van der Waals surface area contributed by atoms with E-state index in [4.69, 9.17) is 11.5 Å². The summed E-state index contributed by atoms with van der Waals surface area (Å²) in [7, 11) is 0. The fraction of sp³-hybridized carbons (Fsp3) is 0.800. The molecule has 6 heteroatoms. The van der Waals surface area contributed by atoms with Gasteiger partial charge >= 0.3 is 12.1 Å². The summed E-state index contributed by atoms with van der Waals surface area (Å²) >= 11 is 0. The maximum Gasteiger partial charge on any atom is 0.313 e. The fourth-order valence-corrected chi connectivity index (χ4v) is 2.26. The highest BCUT2D eigenvalue weighted by molar-refractivity contribution is 5.76. The van der Waals surface area contributed by atoms with Crippen LogP contribution in [0.4, 0.5) is 9.59 Å². The van der Waals surface area contributed by atoms with Gasteiger partial charge in [0.25, 0.3) is 0 Å². The first-order valence-corrected chi connectivity index (χ1v) is 5.69. The molecular weight excluding hydrogens is 208 g/mol. The molecule has 0 aromatic carbocycles. The Labute approximate surface area is 95.1 Å². The zero-order chi connectivity index (χ0) is 12.0. The quantitative estimate of drug-likeness (QED) is 0.523. The van der Waals surface area contributed by atoms with Crippen molar-refractivity contribution in [2.45, 2.75) is 50.6 Å². The predicted molar refractivity (Wildman–Crippen MR) is 60.5 cm³/mol. The van der Waals surface area contributed by atoms with E-state index in [-0.39, 0.29) is 0 Å². The molecule has 0 unspecified atom stereocenters. The van der Waals surface area contributed by atoms with Crippen molar-refractivity contribution >= 4 is 12.1 Å². The number of nitrogens with one attached hydrogen (secondary N) is 2. The van der Waals surface area contributed by atoms with Gasteiger partial charge in [0.05, 0.1) is 0 Å². The molecule has 1 rings (SSSR count). The molecule has 0 heterocycles. The van der Waals surface area contributed by atoms with Gasteiger partial charge in [0.15, 0.2) is 0 Å². The second-order valence-corrected chi connectivity index (χ2v) is 4.33. The molecular formula is C10H20N4O2. The molecule has 0 aromatic heterocycles. The van der Waals surface area contributed by atoms with Gasteiger partial charge in [-0.25, -0.2) is 9.59 Å². The Hall–Kier alpha value is -1.46. The van der Waals surface area contributed by atoms with Crippen molar-refractivity contribution in [3.63, 3.8) is 0 Å². The van der Waals surface area contributed by atoms with Crippen molar-refractivity contribution in [3.8, 4) is 0 Å². The second-order valence-electron chi connectivity index (χ2n) is 4.33. The molecule has 0 aromatic rings. The van der Waals surface area contributed by atoms with E-state index in [9.17, 15) is 9.59 Å². The van der Waals surface area contributed by atoms with Crippen molar-refractivity contribution in [2.75, 3.05) is 0 Å². The largest absolute Gasteiger partial charge is 0.352 e. The molecule has 1 aliphatic rings. The van der Waals surface area contributed by atoms with Crippen LogP contribution in [0.1, 0.15) is 44.9 Å². The van der Waals surface area contributed by atoms with Crippen LogP contribution in [0.15, 0.2) is 0 Å². The molecule has 1 saturated carbocycles. The zero-order valence-electron chi connectivity index (χ0n) is 9.42. The van der Waals surface area contributed by atoms with Crippen LogP contribution in [0, 0.1) is 0 Å². The molecule has 0 spiro atoms. The van der Waals surface area contributed by atoms with Crippen molar-refractivity contribution < 1.29 is 9.59 Å². The molecule has 4 amide bonds. The van der Waals surface area contributed by atoms with E-state index in [0.717, 1.165) is 25.7 Å². The topological polar surface area (TPSA) is 110 Å². The molecule has 6 N–H and O–H groups in total. The van der Waals surface area contributed by atoms with Crippen LogP contribution in [0.2, 0.25) is 0 Å². The van der Waals surface area contributed by atoms with Crippen LogP contribution >= 0.6 is 0 Å². The summed E-state index contributed by atoms with van der Waals surface area (Å²) in [6.07, 6.45) is 6.65. The summed E-state index contributed by atoms with van der Waals surface area (Å²) in [6.45, 7) is 0. The molecule has 1 fully saturated rings. The Morgan fingerprint density at radius 3 is 1.56 bits per heavy atom. The number of hydrogen-bond donors (Lipinski definition) is 4. The van der Waals surface area contributed by atoms with Crippen LogP contribution in [0.3, 0.4) is 0 Å². The van der Waals surface area contributed by atoms with Gasteiger partial charge in [0, 0.05) is 0 Å². The summed E-state index contributed by atoms with van der Waals surface area (Å²) in [5.41, 5.74) is 9.51. The highest BCUT2D eigenvalue weighted by atomic mass is 16.2. The fourth-order valence-electron chi connectivity index (χ4n) is 2.26. The first kappa shape index (κ1) is 12.6. The minimum atomic E-state index is -0.752. The molecule has 0 saturated heterocycles. The van der Waals surface area contributed by atoms with Crippen LogP contribution in [-0.2, 0) is 0 Å². The lowest BCUT2D eigenvalue weighted by Crippen LogP contribution is -2.63. The maximum absolute atomic E-state index is 11.0. The molecule has 92 valence electrons. The number of hydrogen-bond acceptors (Lipinski definition) is 2. The van der Waals surface area contributed by atoms with E-state index in [1.807, 2.05) is 0 Å². The van der Waals surface area contributed by atoms with Crippen LogP contribution < -0.4 is 22.1 Å². The summed E-state index contributed by atoms with van der Waals surface area (Å²) in [4.78, 5) is 21.9. The first-order valence-electron chi connectivity index (χ1n) is 5.69. The predicted octanol–water partition coefficient (Wildman–Crippen LogP) is 0.764. The Morgan fingerprint density at radius 1 is 0.812 bits per heavy atom. The van der Waals surface area contributed by atoms with Gasteiger partial charge in [-0.05, 0) is 25.7 Å². The van der Waals surface area contributed by atoms with Gasteiger partial charge in [-0.3, -0.25) is 0 Å². The molecule has 0 bridgehead atoms. The summed E-state index contributed by atoms with van der Waals surface area (Å²) in [5.74, 6) is 0. The highest BCUT2D eigenvalue weighted by Crippen LogP contribution is 2.24. The smallest absolute Gasteiger partial charge is 0.313 e.